The Morgan fingerprint density at radius 3 is 2.55 bits per heavy atom. The Balaban J connectivity index is 0.00000115. The molecule has 3 nitrogen and oxygen atoms in total. The van der Waals surface area contributed by atoms with E-state index < -0.39 is 6.61 Å². The summed E-state index contributed by atoms with van der Waals surface area (Å²) in [6.07, 6.45) is 1.78. The van der Waals surface area contributed by atoms with Crippen LogP contribution in [-0.4, -0.2) is 9.78 Å². The standard InChI is InChI=1S/C11H7BrF2N2O.C2H6.U/c1-7-6-16(15-10(7)12)8-3-2-4-9(5-8)17-11(13)14;1-2;/h2-3,5-6H,1H3;1-2H3;/q-2;;+2. The van der Waals surface area contributed by atoms with E-state index in [1.54, 1.807) is 16.9 Å². The van der Waals surface area contributed by atoms with Crippen molar-refractivity contribution < 1.29 is 44.6 Å². The summed E-state index contributed by atoms with van der Waals surface area (Å²) < 4.78 is 30.4. The Labute approximate surface area is 149 Å². The van der Waals surface area contributed by atoms with Crippen molar-refractivity contribution in [2.75, 3.05) is 0 Å². The molecule has 0 unspecified atom stereocenters. The maximum absolute atomic E-state index is 12.0. The molecule has 0 fully saturated rings. The van der Waals surface area contributed by atoms with Crippen LogP contribution in [0.4, 0.5) is 8.78 Å². The molecule has 1 heterocycles. The molecule has 0 atom stereocenters. The molecule has 1 aromatic heterocycles. The van der Waals surface area contributed by atoms with Gasteiger partial charge in [0.2, 0.25) is 0 Å². The van der Waals surface area contributed by atoms with Crippen LogP contribution in [0.15, 0.2) is 29.0 Å². The summed E-state index contributed by atoms with van der Waals surface area (Å²) in [4.78, 5) is 0. The van der Waals surface area contributed by atoms with Gasteiger partial charge in [0, 0.05) is 11.8 Å². The minimum Gasteiger partial charge on any atom is -0.618 e. The molecule has 0 aliphatic carbocycles. The number of nitrogens with zero attached hydrogens (tertiary/aromatic N) is 2. The van der Waals surface area contributed by atoms with Gasteiger partial charge in [0.05, 0.1) is 0 Å². The van der Waals surface area contributed by atoms with Crippen molar-refractivity contribution in [3.05, 3.63) is 47.2 Å². The van der Waals surface area contributed by atoms with Gasteiger partial charge in [0.15, 0.2) is 6.61 Å². The number of benzene rings is 1. The predicted octanol–water partition coefficient (Wildman–Crippen LogP) is 4.53. The SMILES string of the molecule is CC.Cc1cn(-c2cc[c-]c(O[C-](F)F)c2)nc1Br.[U+2]. The van der Waals surface area contributed by atoms with Gasteiger partial charge in [-0.05, 0) is 34.3 Å². The Kier molecular flexibility index (Phi) is 9.36. The van der Waals surface area contributed by atoms with Gasteiger partial charge < -0.3 is 13.5 Å². The first kappa shape index (κ1) is 19.6. The topological polar surface area (TPSA) is 27.1 Å². The molecule has 0 amide bonds. The molecule has 1 aromatic carbocycles. The van der Waals surface area contributed by atoms with E-state index in [1.165, 1.54) is 12.1 Å². The van der Waals surface area contributed by atoms with Gasteiger partial charge in [-0.3, -0.25) is 4.68 Å². The molecule has 2 rings (SSSR count). The van der Waals surface area contributed by atoms with Crippen LogP contribution in [0.3, 0.4) is 0 Å². The van der Waals surface area contributed by atoms with Crippen LogP contribution in [0.25, 0.3) is 5.69 Å². The molecule has 0 saturated carbocycles. The molecule has 20 heavy (non-hydrogen) atoms. The zero-order chi connectivity index (χ0) is 14.4. The second kappa shape index (κ2) is 9.54. The molecular formula is C13H13BrF2N2OU. The number of halogens is 3. The fraction of sp³-hybridized carbons (Fsp3) is 0.231. The number of ether oxygens (including phenoxy) is 1. The smallest absolute Gasteiger partial charge is 0.618 e. The summed E-state index contributed by atoms with van der Waals surface area (Å²) in [7, 11) is 0. The maximum atomic E-state index is 12.0. The monoisotopic (exact) mass is 568 g/mol. The van der Waals surface area contributed by atoms with Gasteiger partial charge >= 0.3 is 31.1 Å². The van der Waals surface area contributed by atoms with E-state index in [2.05, 4.69) is 31.8 Å². The van der Waals surface area contributed by atoms with E-state index >= 15 is 0 Å². The van der Waals surface area contributed by atoms with Crippen molar-refractivity contribution >= 4 is 15.9 Å². The first-order valence-electron chi connectivity index (χ1n) is 5.66. The fourth-order valence-corrected chi connectivity index (χ4v) is 1.56. The summed E-state index contributed by atoms with van der Waals surface area (Å²) in [6.45, 7) is 3.77. The second-order valence-electron chi connectivity index (χ2n) is 3.29. The van der Waals surface area contributed by atoms with E-state index in [-0.39, 0.29) is 36.9 Å². The molecule has 0 saturated heterocycles. The number of hydrogen-bond acceptors (Lipinski definition) is 2. The van der Waals surface area contributed by atoms with Crippen molar-refractivity contribution in [3.63, 3.8) is 0 Å². The van der Waals surface area contributed by atoms with E-state index in [1.807, 2.05) is 20.8 Å². The zero-order valence-electron chi connectivity index (χ0n) is 11.2. The molecular weight excluding hydrogens is 556 g/mol. The summed E-state index contributed by atoms with van der Waals surface area (Å²) in [6, 6.07) is 7.18. The van der Waals surface area contributed by atoms with Crippen molar-refractivity contribution in [1.29, 1.82) is 0 Å². The molecule has 0 aliphatic heterocycles. The van der Waals surface area contributed by atoms with Gasteiger partial charge in [-0.15, -0.1) is 18.2 Å². The molecule has 0 aliphatic rings. The van der Waals surface area contributed by atoms with Crippen molar-refractivity contribution in [2.24, 2.45) is 0 Å². The molecule has 106 valence electrons. The summed E-state index contributed by atoms with van der Waals surface area (Å²) >= 11 is 3.28. The van der Waals surface area contributed by atoms with E-state index in [4.69, 9.17) is 0 Å². The van der Waals surface area contributed by atoms with E-state index in [0.29, 0.717) is 10.3 Å². The minimum atomic E-state index is -2.11. The third-order valence-electron chi connectivity index (χ3n) is 2.05. The van der Waals surface area contributed by atoms with Crippen LogP contribution in [-0.2, 0) is 0 Å². The van der Waals surface area contributed by atoms with Crippen molar-refractivity contribution in [2.45, 2.75) is 20.8 Å². The van der Waals surface area contributed by atoms with Crippen LogP contribution < -0.4 is 4.74 Å². The van der Waals surface area contributed by atoms with Crippen molar-refractivity contribution in [1.82, 2.24) is 9.78 Å². The average molecular weight is 569 g/mol. The Morgan fingerprint density at radius 2 is 2.05 bits per heavy atom. The van der Waals surface area contributed by atoms with Gasteiger partial charge in [0.25, 0.3) is 0 Å². The van der Waals surface area contributed by atoms with E-state index in [0.717, 1.165) is 5.56 Å². The van der Waals surface area contributed by atoms with Crippen LogP contribution in [0.2, 0.25) is 0 Å². The average Bonchev–Trinajstić information content (AvgIpc) is 2.72. The van der Waals surface area contributed by atoms with Crippen LogP contribution in [0.5, 0.6) is 5.75 Å². The third kappa shape index (κ3) is 5.55. The first-order valence-corrected chi connectivity index (χ1v) is 6.45. The van der Waals surface area contributed by atoms with Gasteiger partial charge in [-0.25, -0.2) is 0 Å². The molecule has 7 heteroatoms. The summed E-state index contributed by atoms with van der Waals surface area (Å²) in [5.74, 6) is -0.0493. The fourth-order valence-electron chi connectivity index (χ4n) is 1.29. The quantitative estimate of drug-likeness (QED) is 0.509. The first-order chi connectivity index (χ1) is 9.06. The number of aromatic nitrogens is 2. The number of rotatable bonds is 3. The van der Waals surface area contributed by atoms with Crippen molar-refractivity contribution in [3.8, 4) is 11.4 Å². The third-order valence-corrected chi connectivity index (χ3v) is 2.83. The normalized spacial score (nSPS) is 9.55. The Morgan fingerprint density at radius 1 is 1.40 bits per heavy atom. The van der Waals surface area contributed by atoms with E-state index in [9.17, 15) is 8.78 Å². The molecule has 0 spiro atoms. The summed E-state index contributed by atoms with van der Waals surface area (Å²) in [5.41, 5.74) is 1.57. The Bertz CT molecular complexity index is 515. The second-order valence-corrected chi connectivity index (χ2v) is 4.04. The van der Waals surface area contributed by atoms with Crippen LogP contribution in [0.1, 0.15) is 19.4 Å². The molecule has 0 N–H and O–H groups in total. The van der Waals surface area contributed by atoms with Crippen LogP contribution in [0, 0.1) is 50.7 Å². The van der Waals surface area contributed by atoms with Gasteiger partial charge in [0.1, 0.15) is 4.60 Å². The zero-order valence-corrected chi connectivity index (χ0v) is 17.0. The number of hydrogen-bond donors (Lipinski definition) is 0. The summed E-state index contributed by atoms with van der Waals surface area (Å²) in [5, 5.41) is 4.17. The molecule has 0 radical (unpaired) electrons. The Hall–Kier alpha value is -0.378. The van der Waals surface area contributed by atoms with Gasteiger partial charge in [-0.1, -0.05) is 13.8 Å². The molecule has 2 aromatic rings. The minimum absolute atomic E-state index is 0. The number of aryl methyl sites for hydroxylation is 1. The molecule has 0 bridgehead atoms. The van der Waals surface area contributed by atoms with Crippen LogP contribution >= 0.6 is 15.9 Å². The predicted molar refractivity (Wildman–Crippen MR) is 72.3 cm³/mol. The maximum Gasteiger partial charge on any atom is 2.00 e. The largest absolute Gasteiger partial charge is 2.00 e. The van der Waals surface area contributed by atoms with Gasteiger partial charge in [-0.2, -0.15) is 11.2 Å².